The predicted molar refractivity (Wildman–Crippen MR) is 93.2 cm³/mol. The minimum atomic E-state index is -0.315. The van der Waals surface area contributed by atoms with E-state index in [1.165, 1.54) is 0 Å². The van der Waals surface area contributed by atoms with E-state index in [2.05, 4.69) is 15.8 Å². The first-order valence-corrected chi connectivity index (χ1v) is 7.79. The van der Waals surface area contributed by atoms with Gasteiger partial charge in [-0.1, -0.05) is 35.5 Å². The maximum Gasteiger partial charge on any atom is 0.256 e. The van der Waals surface area contributed by atoms with E-state index in [4.69, 9.17) is 4.52 Å². The maximum absolute atomic E-state index is 12.2. The molecule has 0 fully saturated rings. The van der Waals surface area contributed by atoms with Gasteiger partial charge in [-0.3, -0.25) is 9.59 Å². The highest BCUT2D eigenvalue weighted by molar-refractivity contribution is 6.04. The summed E-state index contributed by atoms with van der Waals surface area (Å²) in [5.41, 5.74) is 1.94. The number of aryl methyl sites for hydroxylation is 1. The molecule has 0 aliphatic heterocycles. The summed E-state index contributed by atoms with van der Waals surface area (Å²) < 4.78 is 4.90. The van der Waals surface area contributed by atoms with Gasteiger partial charge in [-0.2, -0.15) is 0 Å². The molecule has 3 rings (SSSR count). The highest BCUT2D eigenvalue weighted by Gasteiger charge is 2.11. The monoisotopic (exact) mass is 335 g/mol. The lowest BCUT2D eigenvalue weighted by Gasteiger charge is -2.06. The van der Waals surface area contributed by atoms with Crippen LogP contribution in [0, 0.1) is 6.92 Å². The Morgan fingerprint density at radius 2 is 1.60 bits per heavy atom. The van der Waals surface area contributed by atoms with Crippen LogP contribution >= 0.6 is 0 Å². The zero-order chi connectivity index (χ0) is 17.6. The summed E-state index contributed by atoms with van der Waals surface area (Å²) in [7, 11) is 0. The van der Waals surface area contributed by atoms with E-state index in [0.29, 0.717) is 29.2 Å². The third-order valence-corrected chi connectivity index (χ3v) is 3.57. The molecule has 25 heavy (non-hydrogen) atoms. The number of rotatable bonds is 5. The second-order valence-electron chi connectivity index (χ2n) is 5.52. The zero-order valence-corrected chi connectivity index (χ0v) is 13.7. The van der Waals surface area contributed by atoms with E-state index in [1.54, 1.807) is 37.3 Å². The molecule has 0 radical (unpaired) electrons. The number of anilines is 1. The molecule has 0 aliphatic carbocycles. The fraction of sp³-hybridized carbons (Fsp3) is 0.105. The molecule has 0 spiro atoms. The van der Waals surface area contributed by atoms with Gasteiger partial charge >= 0.3 is 0 Å². The number of carbonyl (C=O) groups is 2. The van der Waals surface area contributed by atoms with E-state index in [1.807, 2.05) is 30.3 Å². The van der Waals surface area contributed by atoms with Gasteiger partial charge in [-0.25, -0.2) is 0 Å². The van der Waals surface area contributed by atoms with Crippen LogP contribution in [0.1, 0.15) is 32.0 Å². The smallest absolute Gasteiger partial charge is 0.256 e. The van der Waals surface area contributed by atoms with Gasteiger partial charge in [0, 0.05) is 23.7 Å². The van der Waals surface area contributed by atoms with Crippen molar-refractivity contribution in [3.8, 4) is 0 Å². The van der Waals surface area contributed by atoms with Gasteiger partial charge in [0.15, 0.2) is 5.82 Å². The fourth-order valence-corrected chi connectivity index (χ4v) is 2.27. The molecule has 0 atom stereocenters. The van der Waals surface area contributed by atoms with Crippen LogP contribution in [-0.2, 0) is 6.54 Å². The van der Waals surface area contributed by atoms with Crippen molar-refractivity contribution in [2.75, 3.05) is 5.32 Å². The molecule has 0 aliphatic rings. The van der Waals surface area contributed by atoms with Crippen LogP contribution in [0.15, 0.2) is 65.2 Å². The normalized spacial score (nSPS) is 10.3. The van der Waals surface area contributed by atoms with Crippen molar-refractivity contribution in [2.45, 2.75) is 13.5 Å². The number of carbonyl (C=O) groups excluding carboxylic acids is 2. The van der Waals surface area contributed by atoms with Gasteiger partial charge in [0.05, 0.1) is 0 Å². The number of nitrogens with one attached hydrogen (secondary N) is 2. The fourth-order valence-electron chi connectivity index (χ4n) is 2.27. The van der Waals surface area contributed by atoms with Crippen molar-refractivity contribution in [3.63, 3.8) is 0 Å². The quantitative estimate of drug-likeness (QED) is 0.750. The van der Waals surface area contributed by atoms with Gasteiger partial charge in [-0.15, -0.1) is 0 Å². The first kappa shape index (κ1) is 16.4. The van der Waals surface area contributed by atoms with Gasteiger partial charge in [0.2, 0.25) is 0 Å². The number of hydrogen-bond acceptors (Lipinski definition) is 4. The van der Waals surface area contributed by atoms with Gasteiger partial charge in [-0.05, 0) is 36.8 Å². The zero-order valence-electron chi connectivity index (χ0n) is 13.7. The van der Waals surface area contributed by atoms with Gasteiger partial charge < -0.3 is 15.2 Å². The molecule has 6 nitrogen and oxygen atoms in total. The van der Waals surface area contributed by atoms with Crippen molar-refractivity contribution >= 4 is 17.6 Å². The van der Waals surface area contributed by atoms with Crippen LogP contribution < -0.4 is 10.6 Å². The van der Waals surface area contributed by atoms with Crippen molar-refractivity contribution < 1.29 is 14.1 Å². The second kappa shape index (κ2) is 7.44. The Labute approximate surface area is 144 Å². The number of amides is 2. The molecule has 2 N–H and O–H groups in total. The number of benzene rings is 2. The van der Waals surface area contributed by atoms with Crippen molar-refractivity contribution in [1.29, 1.82) is 0 Å². The molecule has 3 aromatic rings. The summed E-state index contributed by atoms with van der Waals surface area (Å²) in [6.07, 6.45) is 0. The van der Waals surface area contributed by atoms with Crippen molar-refractivity contribution in [2.24, 2.45) is 0 Å². The van der Waals surface area contributed by atoms with Crippen LogP contribution in [0.5, 0.6) is 0 Å². The molecule has 0 unspecified atom stereocenters. The Hall–Kier alpha value is -3.41. The van der Waals surface area contributed by atoms with E-state index in [9.17, 15) is 9.59 Å². The SMILES string of the molecule is Cc1cc(NC(=O)c2ccc(C(=O)NCc3ccccc3)cc2)no1. The van der Waals surface area contributed by atoms with Gasteiger partial charge in [0.25, 0.3) is 11.8 Å². The average molecular weight is 335 g/mol. The van der Waals surface area contributed by atoms with Crippen LogP contribution in [-0.4, -0.2) is 17.0 Å². The molecule has 2 amide bonds. The molecule has 0 saturated heterocycles. The minimum Gasteiger partial charge on any atom is -0.360 e. The van der Waals surface area contributed by atoms with Crippen LogP contribution in [0.25, 0.3) is 0 Å². The summed E-state index contributed by atoms with van der Waals surface area (Å²) >= 11 is 0. The maximum atomic E-state index is 12.2. The highest BCUT2D eigenvalue weighted by atomic mass is 16.5. The standard InChI is InChI=1S/C19H17N3O3/c1-13-11-17(22-25-13)21-19(24)16-9-7-15(8-10-16)18(23)20-12-14-5-3-2-4-6-14/h2-11H,12H2,1H3,(H,20,23)(H,21,22,24). The number of aromatic nitrogens is 1. The number of hydrogen-bond donors (Lipinski definition) is 2. The molecule has 0 saturated carbocycles. The molecule has 2 aromatic carbocycles. The molecule has 1 heterocycles. The van der Waals surface area contributed by atoms with Crippen molar-refractivity contribution in [3.05, 3.63) is 83.1 Å². The lowest BCUT2D eigenvalue weighted by atomic mass is 10.1. The Morgan fingerprint density at radius 1 is 0.960 bits per heavy atom. The molecule has 126 valence electrons. The second-order valence-corrected chi connectivity index (χ2v) is 5.52. The van der Waals surface area contributed by atoms with E-state index in [-0.39, 0.29) is 11.8 Å². The highest BCUT2D eigenvalue weighted by Crippen LogP contribution is 2.11. The number of nitrogens with zero attached hydrogens (tertiary/aromatic N) is 1. The van der Waals surface area contributed by atoms with E-state index in [0.717, 1.165) is 5.56 Å². The summed E-state index contributed by atoms with van der Waals surface area (Å²) in [6.45, 7) is 2.19. The lowest BCUT2D eigenvalue weighted by molar-refractivity contribution is 0.0949. The molecule has 6 heteroatoms. The van der Waals surface area contributed by atoms with Gasteiger partial charge in [0.1, 0.15) is 5.76 Å². The largest absolute Gasteiger partial charge is 0.360 e. The third-order valence-electron chi connectivity index (χ3n) is 3.57. The topological polar surface area (TPSA) is 84.2 Å². The summed E-state index contributed by atoms with van der Waals surface area (Å²) in [6, 6.07) is 17.7. The first-order valence-electron chi connectivity index (χ1n) is 7.79. The summed E-state index contributed by atoms with van der Waals surface area (Å²) in [4.78, 5) is 24.3. The van der Waals surface area contributed by atoms with Crippen LogP contribution in [0.2, 0.25) is 0 Å². The predicted octanol–water partition coefficient (Wildman–Crippen LogP) is 3.17. The lowest BCUT2D eigenvalue weighted by Crippen LogP contribution is -2.22. The van der Waals surface area contributed by atoms with Crippen LogP contribution in [0.4, 0.5) is 5.82 Å². The Morgan fingerprint density at radius 3 is 2.20 bits per heavy atom. The third kappa shape index (κ3) is 4.32. The first-order chi connectivity index (χ1) is 12.1. The Balaban J connectivity index is 1.59. The Bertz CT molecular complexity index is 870. The average Bonchev–Trinajstić information content (AvgIpc) is 3.05. The van der Waals surface area contributed by atoms with E-state index < -0.39 is 0 Å². The molecular formula is C19H17N3O3. The summed E-state index contributed by atoms with van der Waals surface area (Å²) in [5.74, 6) is 0.459. The van der Waals surface area contributed by atoms with Crippen molar-refractivity contribution in [1.82, 2.24) is 10.5 Å². The Kier molecular flexibility index (Phi) is 4.89. The molecule has 0 bridgehead atoms. The summed E-state index contributed by atoms with van der Waals surface area (Å²) in [5, 5.41) is 9.18. The van der Waals surface area contributed by atoms with Crippen LogP contribution in [0.3, 0.4) is 0 Å². The molecule has 1 aromatic heterocycles. The minimum absolute atomic E-state index is 0.192. The van der Waals surface area contributed by atoms with E-state index >= 15 is 0 Å². The molecular weight excluding hydrogens is 318 g/mol.